The summed E-state index contributed by atoms with van der Waals surface area (Å²) in [6.45, 7) is 5.02. The molecule has 1 aromatic rings. The second-order valence-corrected chi connectivity index (χ2v) is 5.32. The Labute approximate surface area is 110 Å². The summed E-state index contributed by atoms with van der Waals surface area (Å²) in [4.78, 5) is 7.12. The molecule has 1 aromatic heterocycles. The number of aryl methyl sites for hydroxylation is 1. The minimum absolute atomic E-state index is 0.748. The highest BCUT2D eigenvalue weighted by molar-refractivity contribution is 5.17. The fourth-order valence-corrected chi connectivity index (χ4v) is 2.83. The van der Waals surface area contributed by atoms with Crippen molar-refractivity contribution < 1.29 is 0 Å². The van der Waals surface area contributed by atoms with Crippen molar-refractivity contribution >= 4 is 0 Å². The van der Waals surface area contributed by atoms with Gasteiger partial charge in [0.2, 0.25) is 0 Å². The van der Waals surface area contributed by atoms with Gasteiger partial charge in [0.25, 0.3) is 0 Å². The summed E-state index contributed by atoms with van der Waals surface area (Å²) in [6, 6.07) is 4.91. The molecule has 0 radical (unpaired) electrons. The maximum Gasteiger partial charge on any atom is 0.0573 e. The van der Waals surface area contributed by atoms with Gasteiger partial charge < -0.3 is 5.73 Å². The zero-order valence-electron chi connectivity index (χ0n) is 11.4. The van der Waals surface area contributed by atoms with E-state index in [4.69, 9.17) is 5.73 Å². The first kappa shape index (κ1) is 13.5. The highest BCUT2D eigenvalue weighted by Gasteiger charge is 2.22. The van der Waals surface area contributed by atoms with E-state index in [1.54, 1.807) is 0 Å². The Morgan fingerprint density at radius 3 is 2.83 bits per heavy atom. The van der Waals surface area contributed by atoms with E-state index in [0.29, 0.717) is 0 Å². The van der Waals surface area contributed by atoms with Crippen LogP contribution in [0, 0.1) is 6.92 Å². The molecule has 1 aliphatic rings. The molecule has 0 amide bonds. The zero-order valence-corrected chi connectivity index (χ0v) is 11.4. The predicted molar refractivity (Wildman–Crippen MR) is 75.3 cm³/mol. The first-order chi connectivity index (χ1) is 8.81. The third-order valence-corrected chi connectivity index (χ3v) is 3.96. The third-order valence-electron chi connectivity index (χ3n) is 3.96. The molecule has 100 valence electrons. The van der Waals surface area contributed by atoms with Gasteiger partial charge in [-0.2, -0.15) is 0 Å². The molecule has 0 aliphatic heterocycles. The maximum absolute atomic E-state index is 5.66. The molecule has 0 spiro atoms. The van der Waals surface area contributed by atoms with Crippen LogP contribution in [0.4, 0.5) is 0 Å². The summed E-state index contributed by atoms with van der Waals surface area (Å²) < 4.78 is 0. The molecule has 0 unspecified atom stereocenters. The van der Waals surface area contributed by atoms with Crippen molar-refractivity contribution in [3.8, 4) is 0 Å². The van der Waals surface area contributed by atoms with Crippen LogP contribution in [0.2, 0.25) is 0 Å². The van der Waals surface area contributed by atoms with Crippen molar-refractivity contribution in [2.75, 3.05) is 13.1 Å². The minimum atomic E-state index is 0.748. The normalized spacial score (nSPS) is 16.6. The number of pyridine rings is 1. The lowest BCUT2D eigenvalue weighted by atomic mass is 10.1. The lowest BCUT2D eigenvalue weighted by Gasteiger charge is -2.28. The second kappa shape index (κ2) is 6.86. The van der Waals surface area contributed by atoms with Crippen LogP contribution in [0.25, 0.3) is 0 Å². The Balaban J connectivity index is 2.02. The van der Waals surface area contributed by atoms with Crippen LogP contribution in [-0.4, -0.2) is 29.0 Å². The van der Waals surface area contributed by atoms with Crippen LogP contribution in [0.1, 0.15) is 43.4 Å². The van der Waals surface area contributed by atoms with Crippen LogP contribution >= 0.6 is 0 Å². The molecule has 2 N–H and O–H groups in total. The van der Waals surface area contributed by atoms with E-state index in [1.165, 1.54) is 36.9 Å². The van der Waals surface area contributed by atoms with Crippen LogP contribution in [-0.2, 0) is 6.54 Å². The molecule has 1 saturated carbocycles. The van der Waals surface area contributed by atoms with Gasteiger partial charge in [0.05, 0.1) is 5.69 Å². The standard InChI is InChI=1S/C15H25N3/c1-13-6-4-10-17-15(13)12-18(11-5-9-16)14-7-2-3-8-14/h4,6,10,14H,2-3,5,7-9,11-12,16H2,1H3. The minimum Gasteiger partial charge on any atom is -0.330 e. The molecule has 3 heteroatoms. The monoisotopic (exact) mass is 247 g/mol. The number of hydrogen-bond acceptors (Lipinski definition) is 3. The van der Waals surface area contributed by atoms with Crippen molar-refractivity contribution in [1.29, 1.82) is 0 Å². The predicted octanol–water partition coefficient (Wildman–Crippen LogP) is 2.48. The summed E-state index contributed by atoms with van der Waals surface area (Å²) in [7, 11) is 0. The number of hydrogen-bond donors (Lipinski definition) is 1. The van der Waals surface area contributed by atoms with Crippen molar-refractivity contribution in [3.05, 3.63) is 29.6 Å². The quantitative estimate of drug-likeness (QED) is 0.839. The SMILES string of the molecule is Cc1cccnc1CN(CCCN)C1CCCC1. The molecule has 1 aliphatic carbocycles. The number of rotatable bonds is 6. The molecule has 1 heterocycles. The largest absolute Gasteiger partial charge is 0.330 e. The highest BCUT2D eigenvalue weighted by Crippen LogP contribution is 2.25. The Morgan fingerprint density at radius 2 is 2.17 bits per heavy atom. The van der Waals surface area contributed by atoms with E-state index < -0.39 is 0 Å². The van der Waals surface area contributed by atoms with Gasteiger partial charge >= 0.3 is 0 Å². The average molecular weight is 247 g/mol. The Morgan fingerprint density at radius 1 is 1.39 bits per heavy atom. The van der Waals surface area contributed by atoms with E-state index in [0.717, 1.165) is 32.1 Å². The smallest absolute Gasteiger partial charge is 0.0573 e. The fourth-order valence-electron chi connectivity index (χ4n) is 2.83. The molecule has 0 aromatic carbocycles. The molecular formula is C15H25N3. The Bertz CT molecular complexity index is 359. The van der Waals surface area contributed by atoms with Crippen LogP contribution < -0.4 is 5.73 Å². The van der Waals surface area contributed by atoms with E-state index in [1.807, 2.05) is 12.3 Å². The maximum atomic E-state index is 5.66. The van der Waals surface area contributed by atoms with Gasteiger partial charge in [0.15, 0.2) is 0 Å². The molecule has 0 saturated heterocycles. The van der Waals surface area contributed by atoms with Crippen molar-refractivity contribution in [1.82, 2.24) is 9.88 Å². The lowest BCUT2D eigenvalue weighted by Crippen LogP contribution is -2.35. The van der Waals surface area contributed by atoms with Crippen LogP contribution in [0.5, 0.6) is 0 Å². The average Bonchev–Trinajstić information content (AvgIpc) is 2.90. The van der Waals surface area contributed by atoms with Crippen molar-refractivity contribution in [3.63, 3.8) is 0 Å². The van der Waals surface area contributed by atoms with Gasteiger partial charge in [-0.3, -0.25) is 9.88 Å². The van der Waals surface area contributed by atoms with Gasteiger partial charge in [-0.1, -0.05) is 18.9 Å². The van der Waals surface area contributed by atoms with E-state index in [9.17, 15) is 0 Å². The summed E-state index contributed by atoms with van der Waals surface area (Å²) in [5.41, 5.74) is 8.18. The zero-order chi connectivity index (χ0) is 12.8. The Kier molecular flexibility index (Phi) is 5.14. The highest BCUT2D eigenvalue weighted by atomic mass is 15.2. The van der Waals surface area contributed by atoms with Crippen LogP contribution in [0.15, 0.2) is 18.3 Å². The third kappa shape index (κ3) is 3.53. The molecule has 18 heavy (non-hydrogen) atoms. The fraction of sp³-hybridized carbons (Fsp3) is 0.667. The number of nitrogens with two attached hydrogens (primary N) is 1. The molecule has 0 bridgehead atoms. The second-order valence-electron chi connectivity index (χ2n) is 5.32. The summed E-state index contributed by atoms with van der Waals surface area (Å²) in [6.07, 6.45) is 8.43. The van der Waals surface area contributed by atoms with Gasteiger partial charge in [-0.15, -0.1) is 0 Å². The van der Waals surface area contributed by atoms with E-state index in [2.05, 4.69) is 22.9 Å². The lowest BCUT2D eigenvalue weighted by molar-refractivity contribution is 0.186. The Hall–Kier alpha value is -0.930. The topological polar surface area (TPSA) is 42.2 Å². The van der Waals surface area contributed by atoms with Crippen molar-refractivity contribution in [2.45, 2.75) is 51.6 Å². The summed E-state index contributed by atoms with van der Waals surface area (Å²) in [5.74, 6) is 0. The molecule has 1 fully saturated rings. The summed E-state index contributed by atoms with van der Waals surface area (Å²) >= 11 is 0. The first-order valence-corrected chi connectivity index (χ1v) is 7.16. The first-order valence-electron chi connectivity index (χ1n) is 7.16. The molecular weight excluding hydrogens is 222 g/mol. The summed E-state index contributed by atoms with van der Waals surface area (Å²) in [5, 5.41) is 0. The van der Waals surface area contributed by atoms with Crippen LogP contribution in [0.3, 0.4) is 0 Å². The van der Waals surface area contributed by atoms with Gasteiger partial charge in [-0.25, -0.2) is 0 Å². The number of aromatic nitrogens is 1. The van der Waals surface area contributed by atoms with Gasteiger partial charge in [-0.05, 0) is 44.4 Å². The number of nitrogens with zero attached hydrogens (tertiary/aromatic N) is 2. The molecule has 3 nitrogen and oxygen atoms in total. The molecule has 0 atom stereocenters. The van der Waals surface area contributed by atoms with Crippen molar-refractivity contribution in [2.24, 2.45) is 5.73 Å². The van der Waals surface area contributed by atoms with E-state index >= 15 is 0 Å². The molecule has 2 rings (SSSR count). The van der Waals surface area contributed by atoms with Gasteiger partial charge in [0.1, 0.15) is 0 Å². The van der Waals surface area contributed by atoms with Gasteiger partial charge in [0, 0.05) is 25.3 Å². The van der Waals surface area contributed by atoms with E-state index in [-0.39, 0.29) is 0 Å².